The van der Waals surface area contributed by atoms with Gasteiger partial charge in [0.05, 0.1) is 39.9 Å². The second-order valence-electron chi connectivity index (χ2n) is 19.2. The van der Waals surface area contributed by atoms with Gasteiger partial charge in [0.25, 0.3) is 7.82 Å². The number of quaternary nitrogens is 1. The molecule has 0 aliphatic heterocycles. The first-order valence-corrected chi connectivity index (χ1v) is 28.0. The molecule has 2 N–H and O–H groups in total. The van der Waals surface area contributed by atoms with Crippen molar-refractivity contribution in [1.82, 2.24) is 5.32 Å². The lowest BCUT2D eigenvalue weighted by Gasteiger charge is -2.29. The van der Waals surface area contributed by atoms with Crippen LogP contribution in [0.15, 0.2) is 48.6 Å². The highest BCUT2D eigenvalue weighted by molar-refractivity contribution is 7.45. The summed E-state index contributed by atoms with van der Waals surface area (Å²) in [5, 5.41) is 13.7. The fourth-order valence-corrected chi connectivity index (χ4v) is 8.29. The minimum atomic E-state index is -4.58. The van der Waals surface area contributed by atoms with Crippen molar-refractivity contribution in [3.05, 3.63) is 48.6 Å². The molecule has 0 fully saturated rings. The second kappa shape index (κ2) is 45.6. The molecule has 0 spiro atoms. The monoisotopic (exact) mass is 907 g/mol. The standard InChI is InChI=1S/C54H103N2O6P/c1-6-8-10-12-14-16-17-18-19-20-21-22-23-24-25-26-27-28-29-30-31-32-33-34-35-36-37-38-39-40-42-44-46-48-54(58)55-52(51-62-63(59,60)61-50-49-56(3,4)5)53(57)47-45-43-41-15-13-11-9-7-2/h17-18,20-21,23-24,45,47,52-53,57H,6-16,19,22,25-44,46,48-51H2,1-5H3,(H-,55,58,59,60)/b18-17-,21-20-,24-23-,47-45+. The average molecular weight is 907 g/mol. The molecule has 9 heteroatoms. The van der Waals surface area contributed by atoms with Crippen LogP contribution in [0, 0.1) is 0 Å². The summed E-state index contributed by atoms with van der Waals surface area (Å²) in [7, 11) is 1.26. The number of hydrogen-bond donors (Lipinski definition) is 2. The van der Waals surface area contributed by atoms with Crippen molar-refractivity contribution >= 4 is 13.7 Å². The Morgan fingerprint density at radius 1 is 0.556 bits per heavy atom. The Bertz CT molecular complexity index is 1170. The third-order valence-corrected chi connectivity index (χ3v) is 12.7. The van der Waals surface area contributed by atoms with Gasteiger partial charge in [-0.05, 0) is 57.8 Å². The highest BCUT2D eigenvalue weighted by Gasteiger charge is 2.23. The van der Waals surface area contributed by atoms with Gasteiger partial charge in [0.1, 0.15) is 13.2 Å². The van der Waals surface area contributed by atoms with Crippen LogP contribution in [-0.4, -0.2) is 68.5 Å². The molecule has 0 heterocycles. The zero-order chi connectivity index (χ0) is 46.4. The number of carbonyl (C=O) groups is 1. The van der Waals surface area contributed by atoms with Crippen molar-refractivity contribution in [2.75, 3.05) is 40.9 Å². The summed E-state index contributed by atoms with van der Waals surface area (Å²) in [5.41, 5.74) is 0. The van der Waals surface area contributed by atoms with Crippen molar-refractivity contribution < 1.29 is 32.9 Å². The Morgan fingerprint density at radius 3 is 1.33 bits per heavy atom. The molecule has 0 bridgehead atoms. The number of hydrogen-bond acceptors (Lipinski definition) is 6. The van der Waals surface area contributed by atoms with Crippen molar-refractivity contribution in [2.45, 2.75) is 251 Å². The fourth-order valence-electron chi connectivity index (χ4n) is 7.57. The van der Waals surface area contributed by atoms with Gasteiger partial charge in [-0.15, -0.1) is 0 Å². The lowest BCUT2D eigenvalue weighted by Crippen LogP contribution is -2.45. The number of amides is 1. The number of carbonyl (C=O) groups excluding carboxylic acids is 1. The highest BCUT2D eigenvalue weighted by atomic mass is 31.2. The third-order valence-electron chi connectivity index (χ3n) is 11.8. The van der Waals surface area contributed by atoms with Gasteiger partial charge >= 0.3 is 0 Å². The zero-order valence-corrected chi connectivity index (χ0v) is 42.9. The lowest BCUT2D eigenvalue weighted by molar-refractivity contribution is -0.870. The normalized spacial score (nSPS) is 14.5. The number of aliphatic hydroxyl groups excluding tert-OH is 1. The van der Waals surface area contributed by atoms with E-state index in [-0.39, 0.29) is 19.1 Å². The molecule has 8 nitrogen and oxygen atoms in total. The fraction of sp³-hybridized carbons (Fsp3) is 0.833. The molecule has 370 valence electrons. The maximum Gasteiger partial charge on any atom is 0.268 e. The van der Waals surface area contributed by atoms with E-state index in [1.807, 2.05) is 27.2 Å². The Kier molecular flexibility index (Phi) is 44.5. The van der Waals surface area contributed by atoms with E-state index < -0.39 is 20.0 Å². The first-order chi connectivity index (χ1) is 30.5. The maximum absolute atomic E-state index is 12.8. The largest absolute Gasteiger partial charge is 0.756 e. The quantitative estimate of drug-likeness (QED) is 0.0272. The van der Waals surface area contributed by atoms with Crippen LogP contribution in [0.3, 0.4) is 0 Å². The molecule has 0 saturated heterocycles. The second-order valence-corrected chi connectivity index (χ2v) is 20.6. The molecule has 0 rings (SSSR count). The van der Waals surface area contributed by atoms with Crippen LogP contribution in [0.1, 0.15) is 239 Å². The number of allylic oxidation sites excluding steroid dienone is 7. The van der Waals surface area contributed by atoms with E-state index in [4.69, 9.17) is 9.05 Å². The van der Waals surface area contributed by atoms with Gasteiger partial charge in [0.15, 0.2) is 0 Å². The molecule has 0 radical (unpaired) electrons. The van der Waals surface area contributed by atoms with E-state index in [9.17, 15) is 19.4 Å². The molecule has 0 aromatic rings. The summed E-state index contributed by atoms with van der Waals surface area (Å²) in [6.45, 7) is 4.59. The number of unbranched alkanes of at least 4 members (excludes halogenated alkanes) is 29. The molecular formula is C54H103N2O6P. The third kappa shape index (κ3) is 48.2. The predicted octanol–water partition coefficient (Wildman–Crippen LogP) is 15.0. The Morgan fingerprint density at radius 2 is 0.921 bits per heavy atom. The van der Waals surface area contributed by atoms with Crippen LogP contribution in [0.5, 0.6) is 0 Å². The minimum Gasteiger partial charge on any atom is -0.756 e. The molecular weight excluding hydrogens is 804 g/mol. The smallest absolute Gasteiger partial charge is 0.268 e. The zero-order valence-electron chi connectivity index (χ0n) is 42.0. The number of nitrogens with one attached hydrogen (secondary N) is 1. The Hall–Kier alpha value is -1.54. The van der Waals surface area contributed by atoms with Gasteiger partial charge in [0, 0.05) is 6.42 Å². The topological polar surface area (TPSA) is 108 Å². The molecule has 0 aliphatic carbocycles. The number of phosphoric acid groups is 1. The summed E-state index contributed by atoms with van der Waals surface area (Å²) in [6, 6.07) is -0.883. The van der Waals surface area contributed by atoms with Crippen LogP contribution < -0.4 is 10.2 Å². The van der Waals surface area contributed by atoms with E-state index in [0.717, 1.165) is 51.4 Å². The summed E-state index contributed by atoms with van der Waals surface area (Å²) >= 11 is 0. The average Bonchev–Trinajstić information content (AvgIpc) is 3.24. The summed E-state index contributed by atoms with van der Waals surface area (Å²) in [4.78, 5) is 25.3. The van der Waals surface area contributed by atoms with Crippen molar-refractivity contribution in [1.29, 1.82) is 0 Å². The summed E-state index contributed by atoms with van der Waals surface area (Å²) in [5.74, 6) is -0.200. The van der Waals surface area contributed by atoms with Crippen molar-refractivity contribution in [3.63, 3.8) is 0 Å². The number of likely N-dealkylation sites (N-methyl/N-ethyl adjacent to an activating group) is 1. The molecule has 0 saturated carbocycles. The molecule has 63 heavy (non-hydrogen) atoms. The van der Waals surface area contributed by atoms with E-state index in [2.05, 4.69) is 55.6 Å². The Labute approximate surface area is 390 Å². The maximum atomic E-state index is 12.8. The SMILES string of the molecule is CCCCCCC/C=C\C/C=C\C/C=C\CCCCCCCCCCCCCCCCCCCCC(=O)NC(COP(=O)([O-])OCC[N+](C)(C)C)C(O)/C=C/CCCCCCCC. The van der Waals surface area contributed by atoms with Crippen molar-refractivity contribution in [2.24, 2.45) is 0 Å². The highest BCUT2D eigenvalue weighted by Crippen LogP contribution is 2.38. The molecule has 0 aromatic carbocycles. The first kappa shape index (κ1) is 61.5. The number of rotatable bonds is 48. The van der Waals surface area contributed by atoms with E-state index >= 15 is 0 Å². The van der Waals surface area contributed by atoms with Gasteiger partial charge in [-0.2, -0.15) is 0 Å². The Balaban J connectivity index is 3.92. The van der Waals surface area contributed by atoms with Crippen molar-refractivity contribution in [3.8, 4) is 0 Å². The summed E-state index contributed by atoms with van der Waals surface area (Å²) in [6.07, 6.45) is 59.2. The predicted molar refractivity (Wildman–Crippen MR) is 270 cm³/mol. The van der Waals surface area contributed by atoms with Gasteiger partial charge < -0.3 is 28.8 Å². The van der Waals surface area contributed by atoms with Gasteiger partial charge in [-0.3, -0.25) is 9.36 Å². The van der Waals surface area contributed by atoms with Gasteiger partial charge in [-0.1, -0.05) is 223 Å². The molecule has 3 unspecified atom stereocenters. The van der Waals surface area contributed by atoms with Gasteiger partial charge in [-0.25, -0.2) is 0 Å². The summed E-state index contributed by atoms with van der Waals surface area (Å²) < 4.78 is 23.2. The molecule has 0 aromatic heterocycles. The van der Waals surface area contributed by atoms with E-state index in [1.165, 1.54) is 167 Å². The first-order valence-electron chi connectivity index (χ1n) is 26.5. The molecule has 0 aliphatic rings. The van der Waals surface area contributed by atoms with E-state index in [0.29, 0.717) is 17.4 Å². The van der Waals surface area contributed by atoms with Crippen LogP contribution in [0.4, 0.5) is 0 Å². The number of phosphoric ester groups is 1. The van der Waals surface area contributed by atoms with Gasteiger partial charge in [0.2, 0.25) is 5.91 Å². The molecule has 1 amide bonds. The van der Waals surface area contributed by atoms with E-state index in [1.54, 1.807) is 6.08 Å². The number of nitrogens with zero attached hydrogens (tertiary/aromatic N) is 1. The van der Waals surface area contributed by atoms with Crippen LogP contribution in [0.25, 0.3) is 0 Å². The van der Waals surface area contributed by atoms with Crippen LogP contribution >= 0.6 is 7.82 Å². The lowest BCUT2D eigenvalue weighted by atomic mass is 10.0. The van der Waals surface area contributed by atoms with Crippen LogP contribution in [0.2, 0.25) is 0 Å². The minimum absolute atomic E-state index is 0.00116. The number of aliphatic hydroxyl groups is 1. The molecule has 3 atom stereocenters. The van der Waals surface area contributed by atoms with Crippen LogP contribution in [-0.2, 0) is 18.4 Å².